The second-order valence-corrected chi connectivity index (χ2v) is 9.10. The molecular weight excluding hydrogens is 420 g/mol. The van der Waals surface area contributed by atoms with Crippen LogP contribution in [0.5, 0.6) is 0 Å². The monoisotopic (exact) mass is 448 g/mol. The van der Waals surface area contributed by atoms with Crippen molar-refractivity contribution >= 4 is 23.1 Å². The van der Waals surface area contributed by atoms with E-state index in [0.29, 0.717) is 43.1 Å². The van der Waals surface area contributed by atoms with Gasteiger partial charge in [-0.05, 0) is 37.5 Å². The van der Waals surface area contributed by atoms with E-state index in [-0.39, 0.29) is 5.91 Å². The molecule has 9 nitrogen and oxygen atoms in total. The Hall–Kier alpha value is -3.46. The lowest BCUT2D eigenvalue weighted by molar-refractivity contribution is 0.0839. The number of allylic oxidation sites excluding steroid dienone is 3. The van der Waals surface area contributed by atoms with Gasteiger partial charge in [0.15, 0.2) is 0 Å². The lowest BCUT2D eigenvalue weighted by Crippen LogP contribution is -2.31. The summed E-state index contributed by atoms with van der Waals surface area (Å²) in [5.74, 6) is 1.97. The quantitative estimate of drug-likeness (QED) is 0.744. The molecule has 0 spiro atoms. The number of amides is 1. The molecule has 9 heteroatoms. The Labute approximate surface area is 192 Å². The van der Waals surface area contributed by atoms with Gasteiger partial charge in [0.1, 0.15) is 17.4 Å². The Morgan fingerprint density at radius 1 is 1.30 bits per heavy atom. The van der Waals surface area contributed by atoms with Crippen LogP contribution in [0.3, 0.4) is 0 Å². The number of hydrogen-bond acceptors (Lipinski definition) is 7. The number of fused-ring (bicyclic) bond motifs is 1. The average molecular weight is 449 g/mol. The molecule has 4 heterocycles. The lowest BCUT2D eigenvalue weighted by atomic mass is 9.91. The van der Waals surface area contributed by atoms with Gasteiger partial charge in [0.25, 0.3) is 5.91 Å². The maximum Gasteiger partial charge on any atom is 0.256 e. The number of aromatic nitrogens is 3. The first-order valence-electron chi connectivity index (χ1n) is 11.1. The van der Waals surface area contributed by atoms with Crippen LogP contribution in [-0.4, -0.2) is 57.4 Å². The van der Waals surface area contributed by atoms with E-state index in [2.05, 4.69) is 15.4 Å². The number of methoxy groups -OCH3 is 1. The SMILES string of the molecule is COC1=C2CC(NC(=O)c3ccnc(N4CC[C@@](C)(O)C4)c3)=NC2=C(c2cnn(C)c2)CC1. The molecule has 2 aliphatic heterocycles. The fourth-order valence-corrected chi connectivity index (χ4v) is 4.71. The number of anilines is 1. The molecule has 2 N–H and O–H groups in total. The van der Waals surface area contributed by atoms with Gasteiger partial charge in [0, 0.05) is 62.1 Å². The molecule has 0 radical (unpaired) electrons. The zero-order chi connectivity index (χ0) is 23.2. The minimum absolute atomic E-state index is 0.231. The number of hydrogen-bond donors (Lipinski definition) is 2. The van der Waals surface area contributed by atoms with E-state index in [1.54, 1.807) is 30.1 Å². The predicted octanol–water partition coefficient (Wildman–Crippen LogP) is 2.41. The van der Waals surface area contributed by atoms with Crippen LogP contribution in [0, 0.1) is 0 Å². The molecule has 5 rings (SSSR count). The molecule has 1 fully saturated rings. The number of rotatable bonds is 4. The molecular formula is C24H28N6O3. The third-order valence-electron chi connectivity index (χ3n) is 6.44. The van der Waals surface area contributed by atoms with E-state index >= 15 is 0 Å². The number of carbonyl (C=O) groups is 1. The maximum atomic E-state index is 13.0. The molecule has 1 aliphatic carbocycles. The van der Waals surface area contributed by atoms with Gasteiger partial charge in [-0.25, -0.2) is 9.98 Å². The van der Waals surface area contributed by atoms with Crippen molar-refractivity contribution in [2.75, 3.05) is 25.1 Å². The Morgan fingerprint density at radius 2 is 2.15 bits per heavy atom. The number of aliphatic hydroxyl groups is 1. The highest BCUT2D eigenvalue weighted by Gasteiger charge is 2.33. The number of amidine groups is 1. The molecule has 1 amide bonds. The summed E-state index contributed by atoms with van der Waals surface area (Å²) in [4.78, 5) is 24.2. The lowest BCUT2D eigenvalue weighted by Gasteiger charge is -2.20. The Kier molecular flexibility index (Phi) is 5.28. The van der Waals surface area contributed by atoms with Crippen molar-refractivity contribution in [3.05, 3.63) is 58.9 Å². The summed E-state index contributed by atoms with van der Waals surface area (Å²) in [6.07, 6.45) is 8.25. The zero-order valence-electron chi connectivity index (χ0n) is 19.1. The highest BCUT2D eigenvalue weighted by Crippen LogP contribution is 2.41. The molecule has 0 bridgehead atoms. The van der Waals surface area contributed by atoms with E-state index in [1.165, 1.54) is 0 Å². The molecule has 1 atom stereocenters. The summed E-state index contributed by atoms with van der Waals surface area (Å²) in [6, 6.07) is 3.45. The molecule has 33 heavy (non-hydrogen) atoms. The van der Waals surface area contributed by atoms with Gasteiger partial charge in [0.2, 0.25) is 0 Å². The molecule has 0 aromatic carbocycles. The van der Waals surface area contributed by atoms with Crippen molar-refractivity contribution in [2.45, 2.75) is 38.2 Å². The van der Waals surface area contributed by atoms with Crippen molar-refractivity contribution in [3.63, 3.8) is 0 Å². The van der Waals surface area contributed by atoms with Crippen molar-refractivity contribution < 1.29 is 14.6 Å². The van der Waals surface area contributed by atoms with Crippen LogP contribution in [-0.2, 0) is 11.8 Å². The standard InChI is InChI=1S/C24H28N6O3/c1-24(32)7-9-30(14-24)21-10-15(6-8-25-21)23(31)28-20-11-18-19(33-3)5-4-17(22(18)27-20)16-12-26-29(2)13-16/h6,8,10,12-13,32H,4-5,7,9,11,14H2,1-3H3,(H,27,28,31)/t24-/m1/s1. The summed E-state index contributed by atoms with van der Waals surface area (Å²) in [5, 5.41) is 17.5. The van der Waals surface area contributed by atoms with Crippen LogP contribution in [0.15, 0.2) is 52.7 Å². The number of aryl methyl sites for hydroxylation is 1. The second kappa shape index (κ2) is 8.15. The fourth-order valence-electron chi connectivity index (χ4n) is 4.71. The van der Waals surface area contributed by atoms with Crippen LogP contribution in [0.1, 0.15) is 48.5 Å². The van der Waals surface area contributed by atoms with E-state index in [1.807, 2.05) is 31.3 Å². The summed E-state index contributed by atoms with van der Waals surface area (Å²) in [6.45, 7) is 3.02. The molecule has 172 valence electrons. The van der Waals surface area contributed by atoms with Crippen LogP contribution in [0.25, 0.3) is 5.57 Å². The summed E-state index contributed by atoms with van der Waals surface area (Å²) < 4.78 is 7.40. The topological polar surface area (TPSA) is 105 Å². The Balaban J connectivity index is 1.39. The van der Waals surface area contributed by atoms with Gasteiger partial charge >= 0.3 is 0 Å². The molecule has 2 aromatic rings. The van der Waals surface area contributed by atoms with E-state index < -0.39 is 5.60 Å². The van der Waals surface area contributed by atoms with Crippen molar-refractivity contribution in [1.82, 2.24) is 20.1 Å². The van der Waals surface area contributed by atoms with Crippen molar-refractivity contribution in [2.24, 2.45) is 12.0 Å². The summed E-state index contributed by atoms with van der Waals surface area (Å²) >= 11 is 0. The molecule has 0 saturated carbocycles. The molecule has 1 saturated heterocycles. The molecule has 3 aliphatic rings. The third-order valence-corrected chi connectivity index (χ3v) is 6.44. The van der Waals surface area contributed by atoms with E-state index in [4.69, 9.17) is 9.73 Å². The van der Waals surface area contributed by atoms with E-state index in [9.17, 15) is 9.90 Å². The summed E-state index contributed by atoms with van der Waals surface area (Å²) in [7, 11) is 3.57. The number of β-amino-alcohol motifs (C(OH)–C–C–N with tert-alkyl or cyclic N) is 1. The van der Waals surface area contributed by atoms with Gasteiger partial charge < -0.3 is 20.1 Å². The number of ether oxygens (including phenoxy) is 1. The number of nitrogens with one attached hydrogen (secondary N) is 1. The van der Waals surface area contributed by atoms with Gasteiger partial charge in [-0.2, -0.15) is 5.10 Å². The van der Waals surface area contributed by atoms with Gasteiger partial charge in [-0.15, -0.1) is 0 Å². The zero-order valence-corrected chi connectivity index (χ0v) is 19.1. The van der Waals surface area contributed by atoms with Crippen molar-refractivity contribution in [3.8, 4) is 0 Å². The van der Waals surface area contributed by atoms with Crippen molar-refractivity contribution in [1.29, 1.82) is 0 Å². The normalized spacial score (nSPS) is 22.5. The number of nitrogens with zero attached hydrogens (tertiary/aromatic N) is 5. The molecule has 2 aromatic heterocycles. The highest BCUT2D eigenvalue weighted by atomic mass is 16.5. The fraction of sp³-hybridized carbons (Fsp3) is 0.417. The Morgan fingerprint density at radius 3 is 2.85 bits per heavy atom. The van der Waals surface area contributed by atoms with Gasteiger partial charge in [-0.3, -0.25) is 9.48 Å². The minimum atomic E-state index is -0.735. The third kappa shape index (κ3) is 4.16. The number of carbonyl (C=O) groups excluding carboxylic acids is 1. The number of pyridine rings is 1. The summed E-state index contributed by atoms with van der Waals surface area (Å²) in [5.41, 5.74) is 3.82. The molecule has 0 unspecified atom stereocenters. The van der Waals surface area contributed by atoms with Crippen LogP contribution < -0.4 is 10.2 Å². The average Bonchev–Trinajstić information content (AvgIpc) is 3.51. The predicted molar refractivity (Wildman–Crippen MR) is 125 cm³/mol. The largest absolute Gasteiger partial charge is 0.501 e. The second-order valence-electron chi connectivity index (χ2n) is 9.10. The van der Waals surface area contributed by atoms with E-state index in [0.717, 1.165) is 41.0 Å². The number of aliphatic imine (C=N–C) groups is 1. The van der Waals surface area contributed by atoms with Gasteiger partial charge in [0.05, 0.1) is 24.6 Å². The smallest absolute Gasteiger partial charge is 0.256 e. The van der Waals surface area contributed by atoms with Crippen LogP contribution >= 0.6 is 0 Å². The first-order chi connectivity index (χ1) is 15.8. The maximum absolute atomic E-state index is 13.0. The minimum Gasteiger partial charge on any atom is -0.501 e. The van der Waals surface area contributed by atoms with Gasteiger partial charge in [-0.1, -0.05) is 0 Å². The van der Waals surface area contributed by atoms with Crippen LogP contribution in [0.2, 0.25) is 0 Å². The highest BCUT2D eigenvalue weighted by molar-refractivity contribution is 6.09. The first kappa shape index (κ1) is 21.4. The van der Waals surface area contributed by atoms with Crippen LogP contribution in [0.4, 0.5) is 5.82 Å². The first-order valence-corrected chi connectivity index (χ1v) is 11.1. The Bertz CT molecular complexity index is 1210.